The second-order valence-electron chi connectivity index (χ2n) is 7.48. The van der Waals surface area contributed by atoms with E-state index in [2.05, 4.69) is 22.3 Å². The predicted molar refractivity (Wildman–Crippen MR) is 113 cm³/mol. The number of halogens is 1. The second kappa shape index (κ2) is 9.63. The lowest BCUT2D eigenvalue weighted by molar-refractivity contribution is -0.121. The summed E-state index contributed by atoms with van der Waals surface area (Å²) in [7, 11) is 0. The lowest BCUT2D eigenvalue weighted by Gasteiger charge is -2.11. The molecule has 5 nitrogen and oxygen atoms in total. The average Bonchev–Trinajstić information content (AvgIpc) is 3.12. The van der Waals surface area contributed by atoms with E-state index in [1.807, 2.05) is 26.0 Å². The normalized spacial score (nSPS) is 11.2. The van der Waals surface area contributed by atoms with Crippen LogP contribution < -0.4 is 5.32 Å². The molecule has 0 atom stereocenters. The van der Waals surface area contributed by atoms with Gasteiger partial charge in [-0.3, -0.25) is 4.79 Å². The minimum absolute atomic E-state index is 0.0707. The molecule has 2 aromatic heterocycles. The van der Waals surface area contributed by atoms with Crippen LogP contribution in [0.4, 0.5) is 4.39 Å². The van der Waals surface area contributed by atoms with Crippen LogP contribution in [0.2, 0.25) is 0 Å². The van der Waals surface area contributed by atoms with Crippen molar-refractivity contribution >= 4 is 11.6 Å². The fraction of sp³-hybridized carbons (Fsp3) is 0.435. The van der Waals surface area contributed by atoms with Gasteiger partial charge in [0.15, 0.2) is 5.65 Å². The topological polar surface area (TPSA) is 59.3 Å². The smallest absolute Gasteiger partial charge is 0.220 e. The van der Waals surface area contributed by atoms with Crippen molar-refractivity contribution in [2.75, 3.05) is 6.54 Å². The SMILES string of the molecule is CCCCCCNC(=O)CCc1c(C)nc2cc(-c3cccc(F)c3)nn2c1C. The van der Waals surface area contributed by atoms with Crippen LogP contribution in [0.1, 0.15) is 56.0 Å². The monoisotopic (exact) mass is 396 g/mol. The summed E-state index contributed by atoms with van der Waals surface area (Å²) in [5.74, 6) is -0.219. The largest absolute Gasteiger partial charge is 0.356 e. The Balaban J connectivity index is 1.71. The molecule has 1 N–H and O–H groups in total. The van der Waals surface area contributed by atoms with Gasteiger partial charge >= 0.3 is 0 Å². The van der Waals surface area contributed by atoms with E-state index < -0.39 is 0 Å². The fourth-order valence-corrected chi connectivity index (χ4v) is 3.58. The highest BCUT2D eigenvalue weighted by atomic mass is 19.1. The minimum Gasteiger partial charge on any atom is -0.356 e. The van der Waals surface area contributed by atoms with Crippen LogP contribution in [0.3, 0.4) is 0 Å². The number of benzene rings is 1. The molecule has 0 radical (unpaired) electrons. The Kier molecular flexibility index (Phi) is 6.96. The van der Waals surface area contributed by atoms with Crippen LogP contribution in [-0.4, -0.2) is 27.0 Å². The summed E-state index contributed by atoms with van der Waals surface area (Å²) in [5, 5.41) is 7.62. The van der Waals surface area contributed by atoms with Crippen LogP contribution in [-0.2, 0) is 11.2 Å². The minimum atomic E-state index is -0.290. The molecular formula is C23H29FN4O. The maximum Gasteiger partial charge on any atom is 0.220 e. The van der Waals surface area contributed by atoms with Crippen LogP contribution in [0.5, 0.6) is 0 Å². The third kappa shape index (κ3) is 5.19. The summed E-state index contributed by atoms with van der Waals surface area (Å²) >= 11 is 0. The lowest BCUT2D eigenvalue weighted by Crippen LogP contribution is -2.25. The number of rotatable bonds is 9. The maximum atomic E-state index is 13.6. The quantitative estimate of drug-likeness (QED) is 0.530. The van der Waals surface area contributed by atoms with E-state index in [9.17, 15) is 9.18 Å². The van der Waals surface area contributed by atoms with E-state index >= 15 is 0 Å². The molecule has 2 heterocycles. The molecule has 0 fully saturated rings. The molecule has 3 aromatic rings. The molecule has 0 saturated carbocycles. The Morgan fingerprint density at radius 2 is 2.00 bits per heavy atom. The Morgan fingerprint density at radius 1 is 1.17 bits per heavy atom. The predicted octanol–water partition coefficient (Wildman–Crippen LogP) is 4.78. The first-order valence-electron chi connectivity index (χ1n) is 10.4. The maximum absolute atomic E-state index is 13.6. The molecule has 1 aromatic carbocycles. The summed E-state index contributed by atoms with van der Waals surface area (Å²) < 4.78 is 15.3. The second-order valence-corrected chi connectivity index (χ2v) is 7.48. The van der Waals surface area contributed by atoms with E-state index in [4.69, 9.17) is 0 Å². The lowest BCUT2D eigenvalue weighted by atomic mass is 10.1. The number of hydrogen-bond acceptors (Lipinski definition) is 3. The van der Waals surface area contributed by atoms with Gasteiger partial charge in [-0.25, -0.2) is 13.9 Å². The number of fused-ring (bicyclic) bond motifs is 1. The van der Waals surface area contributed by atoms with Gasteiger partial charge in [0.25, 0.3) is 0 Å². The van der Waals surface area contributed by atoms with Gasteiger partial charge in [0, 0.05) is 36.0 Å². The zero-order valence-electron chi connectivity index (χ0n) is 17.5. The highest BCUT2D eigenvalue weighted by Crippen LogP contribution is 2.23. The van der Waals surface area contributed by atoms with Crippen LogP contribution in [0.25, 0.3) is 16.9 Å². The number of nitrogens with one attached hydrogen (secondary N) is 1. The number of aromatic nitrogens is 3. The standard InChI is InChI=1S/C23H29FN4O/c1-4-5-6-7-13-25-23(29)12-11-20-16(2)26-22-15-21(27-28(22)17(20)3)18-9-8-10-19(24)14-18/h8-10,14-15H,4-7,11-13H2,1-3H3,(H,25,29). The zero-order valence-corrected chi connectivity index (χ0v) is 17.5. The van der Waals surface area contributed by atoms with Crippen molar-refractivity contribution in [2.45, 2.75) is 59.3 Å². The summed E-state index contributed by atoms with van der Waals surface area (Å²) in [5.41, 5.74) is 5.02. The van der Waals surface area contributed by atoms with Gasteiger partial charge in [-0.1, -0.05) is 38.3 Å². The van der Waals surface area contributed by atoms with Crippen molar-refractivity contribution in [2.24, 2.45) is 0 Å². The van der Waals surface area contributed by atoms with Gasteiger partial charge in [0.05, 0.1) is 5.69 Å². The van der Waals surface area contributed by atoms with Crippen molar-refractivity contribution in [1.82, 2.24) is 19.9 Å². The summed E-state index contributed by atoms with van der Waals surface area (Å²) in [6.45, 7) is 6.86. The number of hydrogen-bond donors (Lipinski definition) is 1. The fourth-order valence-electron chi connectivity index (χ4n) is 3.58. The van der Waals surface area contributed by atoms with Gasteiger partial charge in [0.1, 0.15) is 5.82 Å². The molecule has 0 unspecified atom stereocenters. The van der Waals surface area contributed by atoms with Gasteiger partial charge < -0.3 is 5.32 Å². The molecule has 1 amide bonds. The molecular weight excluding hydrogens is 367 g/mol. The molecule has 29 heavy (non-hydrogen) atoms. The van der Waals surface area contributed by atoms with E-state index in [0.29, 0.717) is 18.5 Å². The first-order chi connectivity index (χ1) is 14.0. The molecule has 154 valence electrons. The Labute approximate surface area is 171 Å². The van der Waals surface area contributed by atoms with Crippen molar-refractivity contribution in [3.05, 3.63) is 53.1 Å². The zero-order chi connectivity index (χ0) is 20.8. The van der Waals surface area contributed by atoms with Gasteiger partial charge in [-0.15, -0.1) is 0 Å². The first kappa shape index (κ1) is 21.0. The Bertz CT molecular complexity index is 996. The van der Waals surface area contributed by atoms with E-state index in [1.165, 1.54) is 25.0 Å². The van der Waals surface area contributed by atoms with Crippen LogP contribution in [0, 0.1) is 19.7 Å². The number of carbonyl (C=O) groups is 1. The van der Waals surface area contributed by atoms with Gasteiger partial charge in [-0.05, 0) is 44.4 Å². The average molecular weight is 397 g/mol. The summed E-state index contributed by atoms with van der Waals surface area (Å²) in [4.78, 5) is 16.8. The summed E-state index contributed by atoms with van der Waals surface area (Å²) in [6, 6.07) is 8.25. The van der Waals surface area contributed by atoms with E-state index in [1.54, 1.807) is 10.6 Å². The Hall–Kier alpha value is -2.76. The number of carbonyl (C=O) groups excluding carboxylic acids is 1. The number of unbranched alkanes of at least 4 members (excludes halogenated alkanes) is 3. The van der Waals surface area contributed by atoms with Crippen molar-refractivity contribution in [3.8, 4) is 11.3 Å². The molecule has 0 saturated heterocycles. The molecule has 0 spiro atoms. The molecule has 0 aliphatic carbocycles. The van der Waals surface area contributed by atoms with Crippen LogP contribution in [0.15, 0.2) is 30.3 Å². The van der Waals surface area contributed by atoms with Crippen LogP contribution >= 0.6 is 0 Å². The van der Waals surface area contributed by atoms with E-state index in [-0.39, 0.29) is 11.7 Å². The van der Waals surface area contributed by atoms with Crippen molar-refractivity contribution in [1.29, 1.82) is 0 Å². The summed E-state index contributed by atoms with van der Waals surface area (Å²) in [6.07, 6.45) is 5.64. The molecule has 0 aliphatic rings. The third-order valence-corrected chi connectivity index (χ3v) is 5.24. The van der Waals surface area contributed by atoms with Crippen molar-refractivity contribution in [3.63, 3.8) is 0 Å². The first-order valence-corrected chi connectivity index (χ1v) is 10.4. The number of amides is 1. The number of aryl methyl sites for hydroxylation is 2. The molecule has 3 rings (SSSR count). The molecule has 0 bridgehead atoms. The molecule has 0 aliphatic heterocycles. The van der Waals surface area contributed by atoms with E-state index in [0.717, 1.165) is 47.5 Å². The van der Waals surface area contributed by atoms with Crippen molar-refractivity contribution < 1.29 is 9.18 Å². The highest BCUT2D eigenvalue weighted by molar-refractivity contribution is 5.76. The van der Waals surface area contributed by atoms with Gasteiger partial charge in [0.2, 0.25) is 5.91 Å². The number of nitrogens with zero attached hydrogens (tertiary/aromatic N) is 3. The molecule has 6 heteroatoms. The highest BCUT2D eigenvalue weighted by Gasteiger charge is 2.14. The Morgan fingerprint density at radius 3 is 2.76 bits per heavy atom. The van der Waals surface area contributed by atoms with Gasteiger partial charge in [-0.2, -0.15) is 5.10 Å². The third-order valence-electron chi connectivity index (χ3n) is 5.24.